The first kappa shape index (κ1) is 19.5. The minimum absolute atomic E-state index is 0.104. The summed E-state index contributed by atoms with van der Waals surface area (Å²) in [5, 5.41) is 0. The van der Waals surface area contributed by atoms with Crippen LogP contribution in [0.2, 0.25) is 0 Å². The van der Waals surface area contributed by atoms with Crippen molar-refractivity contribution >= 4 is 18.2 Å². The summed E-state index contributed by atoms with van der Waals surface area (Å²) in [5.74, 6) is -2.38. The Morgan fingerprint density at radius 3 is 2.21 bits per heavy atom. The second-order valence-corrected chi connectivity index (χ2v) is 6.11. The van der Waals surface area contributed by atoms with Gasteiger partial charge in [0, 0.05) is 11.1 Å². The quantitative estimate of drug-likeness (QED) is 0.419. The molecule has 3 aromatic carbocycles. The molecule has 0 aliphatic heterocycles. The molecule has 0 unspecified atom stereocenters. The van der Waals surface area contributed by atoms with Gasteiger partial charge >= 0.3 is 0 Å². The lowest BCUT2D eigenvalue weighted by atomic mass is 10.0. The van der Waals surface area contributed by atoms with Gasteiger partial charge in [0.1, 0.15) is 5.82 Å². The summed E-state index contributed by atoms with van der Waals surface area (Å²) in [6.45, 7) is 5.58. The van der Waals surface area contributed by atoms with Crippen LogP contribution in [0, 0.1) is 17.5 Å². The number of benzene rings is 3. The maximum atomic E-state index is 14.3. The standard InChI is InChI=1S/C24H19F3O/c1-3-16-5-11-19(21(25)15-16)12-8-17-6-9-18(10-7-17)20-13-14-22(28-4-2)24(27)23(20)26/h3,5-15H,1,4H2,2H3. The molecule has 0 atom stereocenters. The zero-order chi connectivity index (χ0) is 20.1. The molecule has 3 aromatic rings. The van der Waals surface area contributed by atoms with E-state index in [0.29, 0.717) is 16.7 Å². The highest BCUT2D eigenvalue weighted by atomic mass is 19.2. The molecule has 0 bridgehead atoms. The van der Waals surface area contributed by atoms with Gasteiger partial charge in [0.25, 0.3) is 0 Å². The molecule has 0 amide bonds. The predicted octanol–water partition coefficient (Wildman–Crippen LogP) is 6.98. The SMILES string of the molecule is C=Cc1ccc(C=Cc2ccc(-c3ccc(OCC)c(F)c3F)cc2)c(F)c1. The highest BCUT2D eigenvalue weighted by Gasteiger charge is 2.15. The molecule has 3 rings (SSSR count). The Balaban J connectivity index is 1.82. The summed E-state index contributed by atoms with van der Waals surface area (Å²) in [6, 6.07) is 14.7. The van der Waals surface area contributed by atoms with E-state index in [9.17, 15) is 13.2 Å². The highest BCUT2D eigenvalue weighted by Crippen LogP contribution is 2.30. The molecule has 4 heteroatoms. The van der Waals surface area contributed by atoms with Crippen molar-refractivity contribution in [3.05, 3.63) is 95.3 Å². The number of ether oxygens (including phenoxy) is 1. The van der Waals surface area contributed by atoms with E-state index >= 15 is 0 Å². The highest BCUT2D eigenvalue weighted by molar-refractivity contribution is 5.73. The van der Waals surface area contributed by atoms with Crippen molar-refractivity contribution in [1.29, 1.82) is 0 Å². The average molecular weight is 380 g/mol. The van der Waals surface area contributed by atoms with Crippen LogP contribution in [0.3, 0.4) is 0 Å². The van der Waals surface area contributed by atoms with E-state index in [1.54, 1.807) is 61.5 Å². The van der Waals surface area contributed by atoms with Crippen LogP contribution in [-0.4, -0.2) is 6.61 Å². The van der Waals surface area contributed by atoms with Crippen LogP contribution in [0.1, 0.15) is 23.6 Å². The monoisotopic (exact) mass is 380 g/mol. The fourth-order valence-electron chi connectivity index (χ4n) is 2.79. The smallest absolute Gasteiger partial charge is 0.201 e. The predicted molar refractivity (Wildman–Crippen MR) is 108 cm³/mol. The summed E-state index contributed by atoms with van der Waals surface area (Å²) in [5.41, 5.74) is 2.67. The van der Waals surface area contributed by atoms with Gasteiger partial charge in [-0.2, -0.15) is 4.39 Å². The number of hydrogen-bond acceptors (Lipinski definition) is 1. The van der Waals surface area contributed by atoms with E-state index in [-0.39, 0.29) is 23.7 Å². The second kappa shape index (κ2) is 8.61. The molecule has 28 heavy (non-hydrogen) atoms. The molecular weight excluding hydrogens is 361 g/mol. The first-order chi connectivity index (χ1) is 13.5. The Bertz CT molecular complexity index is 1020. The normalized spacial score (nSPS) is 11.0. The van der Waals surface area contributed by atoms with E-state index in [0.717, 1.165) is 5.56 Å². The van der Waals surface area contributed by atoms with Crippen molar-refractivity contribution in [3.8, 4) is 16.9 Å². The fraction of sp³-hybridized carbons (Fsp3) is 0.0833. The van der Waals surface area contributed by atoms with Crippen molar-refractivity contribution < 1.29 is 17.9 Å². The van der Waals surface area contributed by atoms with Gasteiger partial charge in [-0.15, -0.1) is 0 Å². The third-order valence-corrected chi connectivity index (χ3v) is 4.28. The van der Waals surface area contributed by atoms with Crippen LogP contribution in [0.25, 0.3) is 29.4 Å². The van der Waals surface area contributed by atoms with Gasteiger partial charge in [-0.25, -0.2) is 8.78 Å². The first-order valence-electron chi connectivity index (χ1n) is 8.84. The molecule has 0 aliphatic rings. The largest absolute Gasteiger partial charge is 0.491 e. The first-order valence-corrected chi connectivity index (χ1v) is 8.84. The Hall–Kier alpha value is -3.27. The molecule has 0 radical (unpaired) electrons. The maximum Gasteiger partial charge on any atom is 0.201 e. The Morgan fingerprint density at radius 2 is 1.57 bits per heavy atom. The summed E-state index contributed by atoms with van der Waals surface area (Å²) in [6.07, 6.45) is 5.00. The fourth-order valence-corrected chi connectivity index (χ4v) is 2.79. The lowest BCUT2D eigenvalue weighted by molar-refractivity contribution is 0.314. The van der Waals surface area contributed by atoms with Crippen molar-refractivity contribution in [2.45, 2.75) is 6.92 Å². The Morgan fingerprint density at radius 1 is 0.857 bits per heavy atom. The molecule has 0 saturated heterocycles. The lowest BCUT2D eigenvalue weighted by Crippen LogP contribution is -1.98. The Labute approximate surface area is 162 Å². The van der Waals surface area contributed by atoms with E-state index in [1.165, 1.54) is 18.2 Å². The second-order valence-electron chi connectivity index (χ2n) is 6.11. The third-order valence-electron chi connectivity index (χ3n) is 4.28. The van der Waals surface area contributed by atoms with Gasteiger partial charge in [0.05, 0.1) is 6.61 Å². The molecule has 0 heterocycles. The minimum Gasteiger partial charge on any atom is -0.491 e. The summed E-state index contributed by atoms with van der Waals surface area (Å²) >= 11 is 0. The summed E-state index contributed by atoms with van der Waals surface area (Å²) in [4.78, 5) is 0. The molecular formula is C24H19F3O. The number of halogens is 3. The van der Waals surface area contributed by atoms with Crippen LogP contribution < -0.4 is 4.74 Å². The molecule has 1 nitrogen and oxygen atoms in total. The van der Waals surface area contributed by atoms with Gasteiger partial charge in [0.15, 0.2) is 11.6 Å². The third kappa shape index (κ3) is 4.17. The zero-order valence-electron chi connectivity index (χ0n) is 15.4. The van der Waals surface area contributed by atoms with E-state index in [2.05, 4.69) is 6.58 Å². The molecule has 142 valence electrons. The van der Waals surface area contributed by atoms with Crippen LogP contribution in [0.15, 0.2) is 61.2 Å². The van der Waals surface area contributed by atoms with Crippen molar-refractivity contribution in [2.24, 2.45) is 0 Å². The minimum atomic E-state index is -0.998. The molecule has 0 fully saturated rings. The molecule has 0 aliphatic carbocycles. The lowest BCUT2D eigenvalue weighted by Gasteiger charge is -2.09. The maximum absolute atomic E-state index is 14.3. The zero-order valence-corrected chi connectivity index (χ0v) is 15.4. The van der Waals surface area contributed by atoms with Gasteiger partial charge in [-0.1, -0.05) is 61.2 Å². The van der Waals surface area contributed by atoms with E-state index in [4.69, 9.17) is 4.74 Å². The number of rotatable bonds is 6. The molecule has 0 N–H and O–H groups in total. The van der Waals surface area contributed by atoms with Crippen LogP contribution in [0.5, 0.6) is 5.75 Å². The summed E-state index contributed by atoms with van der Waals surface area (Å²) < 4.78 is 47.5. The van der Waals surface area contributed by atoms with Crippen LogP contribution in [0.4, 0.5) is 13.2 Å². The van der Waals surface area contributed by atoms with E-state index < -0.39 is 11.6 Å². The topological polar surface area (TPSA) is 9.23 Å². The van der Waals surface area contributed by atoms with Gasteiger partial charge in [-0.05, 0) is 41.8 Å². The molecule has 0 spiro atoms. The van der Waals surface area contributed by atoms with Crippen LogP contribution >= 0.6 is 0 Å². The Kier molecular flexibility index (Phi) is 5.99. The van der Waals surface area contributed by atoms with Crippen molar-refractivity contribution in [3.63, 3.8) is 0 Å². The van der Waals surface area contributed by atoms with E-state index in [1.807, 2.05) is 0 Å². The average Bonchev–Trinajstić information content (AvgIpc) is 2.71. The van der Waals surface area contributed by atoms with Gasteiger partial charge < -0.3 is 4.74 Å². The molecule has 0 aromatic heterocycles. The van der Waals surface area contributed by atoms with Crippen molar-refractivity contribution in [1.82, 2.24) is 0 Å². The van der Waals surface area contributed by atoms with Gasteiger partial charge in [-0.3, -0.25) is 0 Å². The van der Waals surface area contributed by atoms with Crippen LogP contribution in [-0.2, 0) is 0 Å². The van der Waals surface area contributed by atoms with Gasteiger partial charge in [0.2, 0.25) is 5.82 Å². The number of hydrogen-bond donors (Lipinski definition) is 0. The molecule has 0 saturated carbocycles. The van der Waals surface area contributed by atoms with Crippen molar-refractivity contribution in [2.75, 3.05) is 6.61 Å². The summed E-state index contributed by atoms with van der Waals surface area (Å²) in [7, 11) is 0.